The van der Waals surface area contributed by atoms with Crippen LogP contribution in [-0.4, -0.2) is 22.1 Å². The average Bonchev–Trinajstić information content (AvgIpc) is 0.773. The first-order valence-electron chi connectivity index (χ1n) is 42.1. The second kappa shape index (κ2) is 33.6. The second-order valence-corrected chi connectivity index (χ2v) is 50.7. The van der Waals surface area contributed by atoms with E-state index >= 15 is 0 Å². The van der Waals surface area contributed by atoms with Gasteiger partial charge in [-0.3, -0.25) is 0 Å². The van der Waals surface area contributed by atoms with Crippen molar-refractivity contribution >= 4 is 80.4 Å². The van der Waals surface area contributed by atoms with Gasteiger partial charge in [0.05, 0.1) is 16.1 Å². The van der Waals surface area contributed by atoms with Gasteiger partial charge in [-0.25, -0.2) is 8.78 Å². The van der Waals surface area contributed by atoms with E-state index in [1.807, 2.05) is 0 Å². The smallest absolute Gasteiger partial charge is 0.207 e. The van der Waals surface area contributed by atoms with E-state index in [4.69, 9.17) is 0 Å². The summed E-state index contributed by atoms with van der Waals surface area (Å²) in [5.41, 5.74) is 20.6. The molecule has 4 heteroatoms. The van der Waals surface area contributed by atoms with Crippen LogP contribution in [0.25, 0.3) is 53.9 Å². The lowest BCUT2D eigenvalue weighted by Gasteiger charge is -2.36. The fourth-order valence-electron chi connectivity index (χ4n) is 18.8. The third kappa shape index (κ3) is 19.4. The maximum Gasteiger partial charge on any atom is 0.248 e. The van der Waals surface area contributed by atoms with Crippen LogP contribution in [-0.2, 0) is 32.5 Å². The van der Waals surface area contributed by atoms with Crippen LogP contribution in [0.3, 0.4) is 0 Å². The zero-order valence-electron chi connectivity index (χ0n) is 74.0. The highest BCUT2D eigenvalue weighted by molar-refractivity contribution is 6.93. The number of benzene rings is 10. The Bertz CT molecular complexity index is 4590. The van der Waals surface area contributed by atoms with Gasteiger partial charge >= 0.3 is 0 Å². The summed E-state index contributed by atoms with van der Waals surface area (Å²) >= 11 is 0. The third-order valence-electron chi connectivity index (χ3n) is 26.2. The number of hydrogen-bond donors (Lipinski definition) is 0. The van der Waals surface area contributed by atoms with Gasteiger partial charge in [0.25, 0.3) is 0 Å². The summed E-state index contributed by atoms with van der Waals surface area (Å²) in [6.45, 7) is 72.5. The second-order valence-electron chi connectivity index (χ2n) is 40.5. The molecule has 2 saturated carbocycles. The molecule has 0 aromatic heterocycles. The lowest BCUT2D eigenvalue weighted by atomic mass is 9.69. The number of halogens is 2. The molecule has 2 aliphatic rings. The molecule has 0 saturated heterocycles. The minimum atomic E-state index is -2.47. The highest BCUT2D eigenvalue weighted by atomic mass is 28.3. The number of hydrogen-bond acceptors (Lipinski definition) is 0. The molecule has 108 heavy (non-hydrogen) atoms. The molecule has 584 valence electrons. The molecule has 2 fully saturated rings. The molecule has 0 bridgehead atoms. The summed E-state index contributed by atoms with van der Waals surface area (Å²) in [5, 5.41) is 17.5. The van der Waals surface area contributed by atoms with Crippen molar-refractivity contribution in [1.29, 1.82) is 0 Å². The minimum absolute atomic E-state index is 0.0186. The minimum Gasteiger partial charge on any atom is -0.207 e. The van der Waals surface area contributed by atoms with Crippen molar-refractivity contribution in [2.75, 3.05) is 0 Å². The topological polar surface area (TPSA) is 0 Å². The van der Waals surface area contributed by atoms with Crippen molar-refractivity contribution in [3.8, 4) is 0 Å². The van der Waals surface area contributed by atoms with Crippen LogP contribution in [0.2, 0.25) is 37.8 Å². The SMILES string of the molecule is CCC(C)(CC)c1cc(C(C)(C)C)c(C)c2ccccc12.CC[Si](CC)(CC)c1cc(C(C)(C)C)c(C)c2ccccc12.Cc1c(C(C)(C)C)cc(C2CCC(C)(C)CC2)c2ccccc12.Cc1c(C(C)(C)C)cc(C2CCC(F)(F)CC2)c2ccccc12.Cc1c(C(C)(C)C)cc([Si](C)(C)C)c2ccccc12. The summed E-state index contributed by atoms with van der Waals surface area (Å²) in [6.07, 6.45) is 8.95. The number of alkyl halides is 2. The number of aryl methyl sites for hydroxylation is 5. The zero-order chi connectivity index (χ0) is 80.5. The fourth-order valence-corrected chi connectivity index (χ4v) is 24.3. The molecule has 0 radical (unpaired) electrons. The van der Waals surface area contributed by atoms with Crippen molar-refractivity contribution in [2.45, 2.75) is 346 Å². The first-order chi connectivity index (χ1) is 50.0. The zero-order valence-corrected chi connectivity index (χ0v) is 76.0. The maximum atomic E-state index is 13.5. The highest BCUT2D eigenvalue weighted by Crippen LogP contribution is 2.49. The first kappa shape index (κ1) is 87.4. The predicted molar refractivity (Wildman–Crippen MR) is 486 cm³/mol. The van der Waals surface area contributed by atoms with Crippen LogP contribution in [0.5, 0.6) is 0 Å². The summed E-state index contributed by atoms with van der Waals surface area (Å²) in [4.78, 5) is 0. The van der Waals surface area contributed by atoms with Gasteiger partial charge < -0.3 is 0 Å². The summed E-state index contributed by atoms with van der Waals surface area (Å²) in [6, 6.07) is 60.8. The van der Waals surface area contributed by atoms with E-state index in [1.165, 1.54) is 177 Å². The number of fused-ring (bicyclic) bond motifs is 5. The summed E-state index contributed by atoms with van der Waals surface area (Å²) < 4.78 is 27.1. The molecule has 2 aliphatic carbocycles. The summed E-state index contributed by atoms with van der Waals surface area (Å²) in [5.74, 6) is -1.49. The van der Waals surface area contributed by atoms with Crippen LogP contribution >= 0.6 is 0 Å². The highest BCUT2D eigenvalue weighted by Gasteiger charge is 2.38. The Labute approximate surface area is 660 Å². The molecule has 0 spiro atoms. The van der Waals surface area contributed by atoms with E-state index < -0.39 is 22.1 Å². The standard InChI is InChI=1S/C23H32.C21H26F2.C21H32Si.C21H30.C18H26Si/c1-16-18-9-7-8-10-19(18)20(15-21(16)22(2,3)4)17-11-13-23(5,6)14-12-17;1-14-16-7-5-6-8-17(16)18(13-19(14)20(2,3)4)15-9-11-21(22,23)12-10-15;1-8-22(9-2,10-3)20-15-19(21(5,6)7)16(4)17-13-11-12-14-18(17)20;1-8-21(7,9-2)19-14-18(20(4,5)6)15(3)16-12-10-11-13-17(16)19;1-13-14-10-8-9-11-15(14)17(19(5,6)7)12-16(13)18(2,3)4/h7-10,15,17H,11-14H2,1-6H3;5-8,13,15H,9-12H2,1-4H3;11-15H,8-10H2,1-7H3;10-14H,8-9H2,1-7H3;8-12H,1-7H3. The Balaban J connectivity index is 0.000000170. The molecule has 0 amide bonds. The molecule has 0 unspecified atom stereocenters. The van der Waals surface area contributed by atoms with Crippen LogP contribution in [0, 0.1) is 40.0 Å². The summed E-state index contributed by atoms with van der Waals surface area (Å²) in [7, 11) is -2.72. The maximum absolute atomic E-state index is 13.5. The molecule has 0 N–H and O–H groups in total. The normalized spacial score (nSPS) is 15.6. The largest absolute Gasteiger partial charge is 0.248 e. The molecule has 12 rings (SSSR count). The molecule has 0 aliphatic heterocycles. The first-order valence-corrected chi connectivity index (χ1v) is 48.2. The van der Waals surface area contributed by atoms with E-state index in [-0.39, 0.29) is 51.2 Å². The Hall–Kier alpha value is -6.21. The van der Waals surface area contributed by atoms with E-state index in [0.717, 1.165) is 5.92 Å². The van der Waals surface area contributed by atoms with Gasteiger partial charge in [-0.05, 0) is 262 Å². The Morgan fingerprint density at radius 2 is 0.574 bits per heavy atom. The molecule has 0 nitrogen and oxygen atoms in total. The Morgan fingerprint density at radius 1 is 0.324 bits per heavy atom. The molecule has 0 atom stereocenters. The Morgan fingerprint density at radius 3 is 0.880 bits per heavy atom. The van der Waals surface area contributed by atoms with Crippen molar-refractivity contribution in [2.24, 2.45) is 5.41 Å². The van der Waals surface area contributed by atoms with Gasteiger partial charge in [0.2, 0.25) is 5.92 Å². The van der Waals surface area contributed by atoms with E-state index in [9.17, 15) is 8.78 Å². The molecule has 10 aromatic rings. The average molecular weight is 1490 g/mol. The van der Waals surface area contributed by atoms with Gasteiger partial charge in [0, 0.05) is 12.8 Å². The van der Waals surface area contributed by atoms with E-state index in [0.29, 0.717) is 18.3 Å². The van der Waals surface area contributed by atoms with Crippen molar-refractivity contribution in [3.05, 3.63) is 224 Å². The lowest BCUT2D eigenvalue weighted by Crippen LogP contribution is -2.46. The van der Waals surface area contributed by atoms with E-state index in [1.54, 1.807) is 15.9 Å². The van der Waals surface area contributed by atoms with Gasteiger partial charge in [0.1, 0.15) is 0 Å². The van der Waals surface area contributed by atoms with Crippen molar-refractivity contribution in [3.63, 3.8) is 0 Å². The van der Waals surface area contributed by atoms with Gasteiger partial charge in [-0.1, -0.05) is 359 Å². The lowest BCUT2D eigenvalue weighted by molar-refractivity contribution is -0.0381. The van der Waals surface area contributed by atoms with Gasteiger partial charge in [0.15, 0.2) is 0 Å². The molecule has 0 heterocycles. The molecule has 10 aromatic carbocycles. The van der Waals surface area contributed by atoms with Crippen LogP contribution in [0.4, 0.5) is 8.78 Å². The van der Waals surface area contributed by atoms with Crippen molar-refractivity contribution in [1.82, 2.24) is 0 Å². The molecular weight excluding hydrogens is 1340 g/mol. The van der Waals surface area contributed by atoms with Gasteiger partial charge in [-0.2, -0.15) is 0 Å². The monoisotopic (exact) mass is 1490 g/mol. The number of rotatable bonds is 10. The fraction of sp³-hybridized carbons (Fsp3) is 0.519. The molecular formula is C104H146F2Si2. The van der Waals surface area contributed by atoms with E-state index in [2.05, 4.69) is 365 Å². The quantitative estimate of drug-likeness (QED) is 0.120. The third-order valence-corrected chi connectivity index (χ3v) is 33.9. The van der Waals surface area contributed by atoms with Crippen LogP contribution in [0.1, 0.15) is 308 Å². The van der Waals surface area contributed by atoms with Crippen LogP contribution < -0.4 is 10.4 Å². The predicted octanol–water partition coefficient (Wildman–Crippen LogP) is 31.5. The van der Waals surface area contributed by atoms with Gasteiger partial charge in [-0.15, -0.1) is 0 Å². The van der Waals surface area contributed by atoms with Crippen LogP contribution in [0.15, 0.2) is 152 Å². The Kier molecular flexibility index (Phi) is 27.2. The van der Waals surface area contributed by atoms with Crippen molar-refractivity contribution < 1.29 is 8.78 Å².